The average molecular weight is 391 g/mol. The topological polar surface area (TPSA) is 70.2 Å². The van der Waals surface area contributed by atoms with E-state index in [1.165, 1.54) is 17.8 Å². The van der Waals surface area contributed by atoms with E-state index in [2.05, 4.69) is 16.0 Å². The summed E-state index contributed by atoms with van der Waals surface area (Å²) in [5.41, 5.74) is 0.908. The molecule has 1 aromatic heterocycles. The van der Waals surface area contributed by atoms with Gasteiger partial charge >= 0.3 is 6.43 Å². The van der Waals surface area contributed by atoms with Crippen LogP contribution < -0.4 is 16.0 Å². The van der Waals surface area contributed by atoms with Gasteiger partial charge in [-0.15, -0.1) is 11.3 Å². The van der Waals surface area contributed by atoms with Crippen LogP contribution in [0.15, 0.2) is 36.4 Å². The smallest absolute Gasteiger partial charge is 0.315 e. The van der Waals surface area contributed by atoms with Crippen LogP contribution in [-0.4, -0.2) is 36.4 Å². The summed E-state index contributed by atoms with van der Waals surface area (Å²) in [6, 6.07) is 11.2. The van der Waals surface area contributed by atoms with Gasteiger partial charge in [0.25, 0.3) is 11.8 Å². The minimum atomic E-state index is -3.09. The molecule has 2 aliphatic heterocycles. The molecular formula is C19H19F2N3O2S. The van der Waals surface area contributed by atoms with E-state index in [-0.39, 0.29) is 11.9 Å². The molecule has 1 aromatic carbocycles. The maximum atomic E-state index is 12.6. The maximum absolute atomic E-state index is 12.6. The van der Waals surface area contributed by atoms with Crippen LogP contribution in [0.25, 0.3) is 10.4 Å². The molecule has 142 valence electrons. The molecule has 0 aliphatic carbocycles. The Morgan fingerprint density at radius 2 is 1.96 bits per heavy atom. The van der Waals surface area contributed by atoms with Gasteiger partial charge < -0.3 is 16.0 Å². The number of fused-ring (bicyclic) bond motifs is 2. The van der Waals surface area contributed by atoms with E-state index in [1.807, 2.05) is 0 Å². The van der Waals surface area contributed by atoms with Gasteiger partial charge in [-0.05, 0) is 37.5 Å². The predicted molar refractivity (Wildman–Crippen MR) is 100 cm³/mol. The first-order valence-electron chi connectivity index (χ1n) is 8.86. The van der Waals surface area contributed by atoms with Gasteiger partial charge in [0, 0.05) is 34.3 Å². The second kappa shape index (κ2) is 7.36. The van der Waals surface area contributed by atoms with Gasteiger partial charge in [0.1, 0.15) is 0 Å². The lowest BCUT2D eigenvalue weighted by atomic mass is 9.95. The van der Waals surface area contributed by atoms with Crippen LogP contribution in [0.5, 0.6) is 0 Å². The van der Waals surface area contributed by atoms with Crippen LogP contribution in [-0.2, 0) is 4.79 Å². The van der Waals surface area contributed by atoms with Gasteiger partial charge in [-0.25, -0.2) is 0 Å². The second-order valence-corrected chi connectivity index (χ2v) is 7.95. The summed E-state index contributed by atoms with van der Waals surface area (Å²) < 4.78 is 25.1. The number of para-hydroxylation sites is 1. The van der Waals surface area contributed by atoms with Crippen molar-refractivity contribution < 1.29 is 18.4 Å². The van der Waals surface area contributed by atoms with Crippen LogP contribution in [0.1, 0.15) is 28.9 Å². The van der Waals surface area contributed by atoms with Crippen molar-refractivity contribution in [3.63, 3.8) is 0 Å². The third-order valence-corrected chi connectivity index (χ3v) is 6.21. The summed E-state index contributed by atoms with van der Waals surface area (Å²) in [6.45, 7) is 0. The Kier molecular flexibility index (Phi) is 4.92. The molecule has 3 N–H and O–H groups in total. The van der Waals surface area contributed by atoms with Crippen molar-refractivity contribution >= 4 is 28.8 Å². The number of carbonyl (C=O) groups excluding carboxylic acids is 2. The molecule has 0 spiro atoms. The second-order valence-electron chi connectivity index (χ2n) is 6.86. The normalized spacial score (nSPS) is 23.6. The zero-order valence-corrected chi connectivity index (χ0v) is 15.2. The van der Waals surface area contributed by atoms with Crippen molar-refractivity contribution in [2.75, 3.05) is 5.32 Å². The van der Waals surface area contributed by atoms with Crippen molar-refractivity contribution in [2.24, 2.45) is 0 Å². The number of benzene rings is 1. The SMILES string of the molecule is O=C(N[C@@H]1C[C@H]2CC[C@@H]1N2)c1ccc(-c2ccccc2NC(=O)C(F)F)s1. The lowest BCUT2D eigenvalue weighted by Gasteiger charge is -2.21. The number of rotatable bonds is 5. The predicted octanol–water partition coefficient (Wildman–Crippen LogP) is 3.24. The van der Waals surface area contributed by atoms with Crippen molar-refractivity contribution in [1.29, 1.82) is 0 Å². The van der Waals surface area contributed by atoms with Crippen molar-refractivity contribution in [3.8, 4) is 10.4 Å². The van der Waals surface area contributed by atoms with Crippen LogP contribution in [0.4, 0.5) is 14.5 Å². The molecule has 2 fully saturated rings. The highest BCUT2D eigenvalue weighted by Crippen LogP contribution is 2.34. The minimum absolute atomic E-state index is 0.125. The quantitative estimate of drug-likeness (QED) is 0.733. The monoisotopic (exact) mass is 391 g/mol. The molecule has 0 unspecified atom stereocenters. The summed E-state index contributed by atoms with van der Waals surface area (Å²) in [7, 11) is 0. The molecule has 8 heteroatoms. The first-order valence-corrected chi connectivity index (χ1v) is 9.68. The van der Waals surface area contributed by atoms with Crippen molar-refractivity contribution in [3.05, 3.63) is 41.3 Å². The largest absolute Gasteiger partial charge is 0.347 e. The molecule has 3 atom stereocenters. The van der Waals surface area contributed by atoms with E-state index in [0.29, 0.717) is 28.2 Å². The van der Waals surface area contributed by atoms with E-state index in [4.69, 9.17) is 0 Å². The van der Waals surface area contributed by atoms with Crippen LogP contribution in [0, 0.1) is 0 Å². The van der Waals surface area contributed by atoms with Crippen LogP contribution in [0.3, 0.4) is 0 Å². The van der Waals surface area contributed by atoms with Crippen LogP contribution >= 0.6 is 11.3 Å². The highest BCUT2D eigenvalue weighted by molar-refractivity contribution is 7.17. The van der Waals surface area contributed by atoms with E-state index < -0.39 is 12.3 Å². The first-order chi connectivity index (χ1) is 13.0. The van der Waals surface area contributed by atoms with Gasteiger partial charge in [-0.3, -0.25) is 9.59 Å². The number of carbonyl (C=O) groups is 2. The highest BCUT2D eigenvalue weighted by Gasteiger charge is 2.39. The number of amides is 2. The third-order valence-electron chi connectivity index (χ3n) is 5.09. The molecule has 0 radical (unpaired) electrons. The summed E-state index contributed by atoms with van der Waals surface area (Å²) in [6.07, 6.45) is 0.124. The fourth-order valence-electron chi connectivity index (χ4n) is 3.82. The number of hydrogen-bond acceptors (Lipinski definition) is 4. The molecule has 2 bridgehead atoms. The van der Waals surface area contributed by atoms with Gasteiger partial charge in [-0.2, -0.15) is 8.78 Å². The zero-order valence-electron chi connectivity index (χ0n) is 14.4. The Morgan fingerprint density at radius 1 is 1.15 bits per heavy atom. The fraction of sp³-hybridized carbons (Fsp3) is 0.368. The van der Waals surface area contributed by atoms with E-state index in [1.54, 1.807) is 36.4 Å². The number of anilines is 1. The first kappa shape index (κ1) is 18.1. The third kappa shape index (κ3) is 3.72. The maximum Gasteiger partial charge on any atom is 0.315 e. The molecular weight excluding hydrogens is 372 g/mol. The number of hydrogen-bond donors (Lipinski definition) is 3. The summed E-state index contributed by atoms with van der Waals surface area (Å²) in [5, 5.41) is 8.81. The van der Waals surface area contributed by atoms with E-state index in [0.717, 1.165) is 17.7 Å². The van der Waals surface area contributed by atoms with Gasteiger partial charge in [0.05, 0.1) is 4.88 Å². The molecule has 2 amide bonds. The molecule has 2 saturated heterocycles. The molecule has 5 nitrogen and oxygen atoms in total. The molecule has 3 heterocycles. The summed E-state index contributed by atoms with van der Waals surface area (Å²) in [4.78, 5) is 25.2. The molecule has 4 rings (SSSR count). The Labute approximate surface area is 159 Å². The van der Waals surface area contributed by atoms with Gasteiger partial charge in [-0.1, -0.05) is 18.2 Å². The molecule has 2 aliphatic rings. The number of thiophene rings is 1. The van der Waals surface area contributed by atoms with E-state index >= 15 is 0 Å². The van der Waals surface area contributed by atoms with Gasteiger partial charge in [0.15, 0.2) is 0 Å². The Balaban J connectivity index is 1.49. The molecule has 0 saturated carbocycles. The Hall–Kier alpha value is -2.32. The minimum Gasteiger partial charge on any atom is -0.347 e. The number of alkyl halides is 2. The van der Waals surface area contributed by atoms with Gasteiger partial charge in [0.2, 0.25) is 0 Å². The summed E-state index contributed by atoms with van der Waals surface area (Å²) >= 11 is 1.28. The average Bonchev–Trinajstić information content (AvgIpc) is 3.39. The fourth-order valence-corrected chi connectivity index (χ4v) is 4.77. The molecule has 2 aromatic rings. The number of nitrogens with one attached hydrogen (secondary N) is 3. The van der Waals surface area contributed by atoms with Crippen molar-refractivity contribution in [1.82, 2.24) is 10.6 Å². The molecule has 27 heavy (non-hydrogen) atoms. The standard InChI is InChI=1S/C19H19F2N3O2S/c20-17(21)19(26)23-12-4-2-1-3-11(12)15-7-8-16(27-15)18(25)24-14-9-10-5-6-13(14)22-10/h1-4,7-8,10,13-14,17,22H,5-6,9H2,(H,23,26)(H,24,25)/t10-,13+,14-/m1/s1. The number of halogens is 2. The lowest BCUT2D eigenvalue weighted by Crippen LogP contribution is -2.42. The Bertz CT molecular complexity index is 870. The van der Waals surface area contributed by atoms with E-state index in [9.17, 15) is 18.4 Å². The zero-order chi connectivity index (χ0) is 19.0. The highest BCUT2D eigenvalue weighted by atomic mass is 32.1. The summed E-state index contributed by atoms with van der Waals surface area (Å²) in [5.74, 6) is -1.47. The lowest BCUT2D eigenvalue weighted by molar-refractivity contribution is -0.126. The Morgan fingerprint density at radius 3 is 2.67 bits per heavy atom. The van der Waals surface area contributed by atoms with Crippen molar-refractivity contribution in [2.45, 2.75) is 43.8 Å². The van der Waals surface area contributed by atoms with Crippen LogP contribution in [0.2, 0.25) is 0 Å².